The molecule has 1 aliphatic heterocycles. The summed E-state index contributed by atoms with van der Waals surface area (Å²) in [5, 5.41) is 2.99. The van der Waals surface area contributed by atoms with Crippen LogP contribution in [0.1, 0.15) is 12.8 Å². The van der Waals surface area contributed by atoms with Gasteiger partial charge in [-0.15, -0.1) is 0 Å². The highest BCUT2D eigenvalue weighted by Crippen LogP contribution is 2.19. The van der Waals surface area contributed by atoms with Crippen molar-refractivity contribution in [3.8, 4) is 5.75 Å². The molecule has 0 radical (unpaired) electrons. The number of rotatable bonds is 4. The Hall–Kier alpha value is -1.75. The van der Waals surface area contributed by atoms with Crippen LogP contribution in [0, 0.1) is 0 Å². The summed E-state index contributed by atoms with van der Waals surface area (Å²) in [6.45, 7) is 2.01. The Balaban J connectivity index is 1.77. The van der Waals surface area contributed by atoms with E-state index in [9.17, 15) is 4.79 Å². The van der Waals surface area contributed by atoms with Crippen LogP contribution in [-0.4, -0.2) is 43.6 Å². The molecule has 0 bridgehead atoms. The third-order valence-corrected chi connectivity index (χ3v) is 3.27. The number of hydrogen-bond donors (Lipinski definition) is 2. The highest BCUT2D eigenvalue weighted by Gasteiger charge is 2.19. The largest absolute Gasteiger partial charge is 0.482 e. The lowest BCUT2D eigenvalue weighted by atomic mass is 10.1. The second kappa shape index (κ2) is 6.43. The van der Waals surface area contributed by atoms with Crippen LogP contribution in [-0.2, 0) is 4.79 Å². The number of amides is 1. The summed E-state index contributed by atoms with van der Waals surface area (Å²) >= 11 is 0. The number of carbonyl (C=O) groups is 1. The van der Waals surface area contributed by atoms with E-state index in [1.807, 2.05) is 12.1 Å². The van der Waals surface area contributed by atoms with E-state index in [-0.39, 0.29) is 18.6 Å². The van der Waals surface area contributed by atoms with E-state index in [0.717, 1.165) is 25.9 Å². The van der Waals surface area contributed by atoms with Crippen LogP contribution >= 0.6 is 0 Å². The fourth-order valence-electron chi connectivity index (χ4n) is 2.31. The highest BCUT2D eigenvalue weighted by atomic mass is 16.5. The highest BCUT2D eigenvalue weighted by molar-refractivity contribution is 5.78. The number of carbonyl (C=O) groups excluding carboxylic acids is 1. The van der Waals surface area contributed by atoms with Gasteiger partial charge in [-0.1, -0.05) is 12.1 Å². The zero-order valence-electron chi connectivity index (χ0n) is 11.3. The molecular weight excluding hydrogens is 242 g/mol. The summed E-state index contributed by atoms with van der Waals surface area (Å²) < 4.78 is 5.42. The average molecular weight is 263 g/mol. The first-order valence-electron chi connectivity index (χ1n) is 6.60. The van der Waals surface area contributed by atoms with Crippen molar-refractivity contribution in [1.82, 2.24) is 10.2 Å². The van der Waals surface area contributed by atoms with Crippen molar-refractivity contribution in [2.24, 2.45) is 0 Å². The number of likely N-dealkylation sites (N-methyl/N-ethyl adjacent to an activating group) is 1. The quantitative estimate of drug-likeness (QED) is 0.791. The van der Waals surface area contributed by atoms with Gasteiger partial charge in [-0.25, -0.2) is 0 Å². The number of anilines is 1. The van der Waals surface area contributed by atoms with Gasteiger partial charge in [-0.2, -0.15) is 0 Å². The summed E-state index contributed by atoms with van der Waals surface area (Å²) in [6, 6.07) is 7.41. The van der Waals surface area contributed by atoms with Crippen molar-refractivity contribution in [2.75, 3.05) is 32.5 Å². The third kappa shape index (κ3) is 4.13. The van der Waals surface area contributed by atoms with Crippen molar-refractivity contribution in [2.45, 2.75) is 18.9 Å². The van der Waals surface area contributed by atoms with E-state index in [0.29, 0.717) is 11.4 Å². The summed E-state index contributed by atoms with van der Waals surface area (Å²) in [4.78, 5) is 14.0. The Bertz CT molecular complexity index is 436. The molecule has 1 atom stereocenters. The van der Waals surface area contributed by atoms with E-state index in [2.05, 4.69) is 17.3 Å². The van der Waals surface area contributed by atoms with Gasteiger partial charge in [0, 0.05) is 12.6 Å². The lowest BCUT2D eigenvalue weighted by molar-refractivity contribution is -0.124. The number of nitrogens with one attached hydrogen (secondary N) is 1. The molecule has 5 nitrogen and oxygen atoms in total. The fraction of sp³-hybridized carbons (Fsp3) is 0.500. The van der Waals surface area contributed by atoms with Gasteiger partial charge in [0.1, 0.15) is 5.75 Å². The number of likely N-dealkylation sites (tertiary alicyclic amines) is 1. The van der Waals surface area contributed by atoms with Crippen LogP contribution in [0.25, 0.3) is 0 Å². The summed E-state index contributed by atoms with van der Waals surface area (Å²) in [5.74, 6) is 0.460. The summed E-state index contributed by atoms with van der Waals surface area (Å²) in [5.41, 5.74) is 6.29. The molecule has 2 rings (SSSR count). The molecule has 0 saturated carbocycles. The molecule has 0 spiro atoms. The Morgan fingerprint density at radius 1 is 1.53 bits per heavy atom. The third-order valence-electron chi connectivity index (χ3n) is 3.27. The number of benzene rings is 1. The van der Waals surface area contributed by atoms with Crippen molar-refractivity contribution >= 4 is 11.6 Å². The molecule has 1 saturated heterocycles. The molecule has 0 aliphatic carbocycles. The zero-order valence-corrected chi connectivity index (χ0v) is 11.3. The Morgan fingerprint density at radius 2 is 2.32 bits per heavy atom. The number of ether oxygens (including phenoxy) is 1. The van der Waals surface area contributed by atoms with Gasteiger partial charge in [0.2, 0.25) is 0 Å². The molecule has 1 aromatic carbocycles. The van der Waals surface area contributed by atoms with E-state index in [1.165, 1.54) is 0 Å². The molecule has 5 heteroatoms. The van der Waals surface area contributed by atoms with Crippen LogP contribution in [0.15, 0.2) is 24.3 Å². The monoisotopic (exact) mass is 263 g/mol. The molecule has 1 heterocycles. The first-order chi connectivity index (χ1) is 9.15. The number of hydrogen-bond acceptors (Lipinski definition) is 4. The van der Waals surface area contributed by atoms with Crippen molar-refractivity contribution in [3.05, 3.63) is 24.3 Å². The van der Waals surface area contributed by atoms with Crippen LogP contribution in [0.2, 0.25) is 0 Å². The average Bonchev–Trinajstić information content (AvgIpc) is 2.38. The molecule has 1 fully saturated rings. The van der Waals surface area contributed by atoms with Crippen molar-refractivity contribution in [1.29, 1.82) is 0 Å². The van der Waals surface area contributed by atoms with Crippen LogP contribution < -0.4 is 15.8 Å². The maximum Gasteiger partial charge on any atom is 0.258 e. The standard InChI is InChI=1S/C14H21N3O2/c1-17-8-4-5-11(9-17)16-14(18)10-19-13-7-3-2-6-12(13)15/h2-3,6-7,11H,4-5,8-10,15H2,1H3,(H,16,18). The van der Waals surface area contributed by atoms with E-state index in [1.54, 1.807) is 12.1 Å². The second-order valence-electron chi connectivity index (χ2n) is 5.00. The molecular formula is C14H21N3O2. The molecule has 1 amide bonds. The predicted octanol–water partition coefficient (Wildman–Crippen LogP) is 0.858. The Kier molecular flexibility index (Phi) is 4.63. The molecule has 0 aromatic heterocycles. The number of nitrogens with zero attached hydrogens (tertiary/aromatic N) is 1. The molecule has 3 N–H and O–H groups in total. The summed E-state index contributed by atoms with van der Waals surface area (Å²) in [7, 11) is 2.07. The number of nitrogen functional groups attached to an aromatic ring is 1. The van der Waals surface area contributed by atoms with Crippen LogP contribution in [0.3, 0.4) is 0 Å². The number of para-hydroxylation sites is 2. The Morgan fingerprint density at radius 3 is 3.05 bits per heavy atom. The molecule has 104 valence electrons. The van der Waals surface area contributed by atoms with Crippen LogP contribution in [0.4, 0.5) is 5.69 Å². The van der Waals surface area contributed by atoms with Crippen LogP contribution in [0.5, 0.6) is 5.75 Å². The second-order valence-corrected chi connectivity index (χ2v) is 5.00. The van der Waals surface area contributed by atoms with E-state index >= 15 is 0 Å². The minimum atomic E-state index is -0.0939. The van der Waals surface area contributed by atoms with Crippen molar-refractivity contribution < 1.29 is 9.53 Å². The zero-order chi connectivity index (χ0) is 13.7. The van der Waals surface area contributed by atoms with E-state index in [4.69, 9.17) is 10.5 Å². The SMILES string of the molecule is CN1CCCC(NC(=O)COc2ccccc2N)C1. The lowest BCUT2D eigenvalue weighted by Gasteiger charge is -2.30. The predicted molar refractivity (Wildman–Crippen MR) is 75.0 cm³/mol. The summed E-state index contributed by atoms with van der Waals surface area (Å²) in [6.07, 6.45) is 2.15. The number of piperidine rings is 1. The Labute approximate surface area is 113 Å². The first kappa shape index (κ1) is 13.7. The van der Waals surface area contributed by atoms with Gasteiger partial charge in [0.05, 0.1) is 5.69 Å². The smallest absolute Gasteiger partial charge is 0.258 e. The van der Waals surface area contributed by atoms with Gasteiger partial charge in [0.25, 0.3) is 5.91 Å². The molecule has 1 unspecified atom stereocenters. The van der Waals surface area contributed by atoms with Gasteiger partial charge in [0.15, 0.2) is 6.61 Å². The van der Waals surface area contributed by atoms with Gasteiger partial charge < -0.3 is 20.7 Å². The molecule has 1 aromatic rings. The molecule has 19 heavy (non-hydrogen) atoms. The van der Waals surface area contributed by atoms with E-state index < -0.39 is 0 Å². The van der Waals surface area contributed by atoms with Gasteiger partial charge in [-0.3, -0.25) is 4.79 Å². The van der Waals surface area contributed by atoms with Gasteiger partial charge in [-0.05, 0) is 38.6 Å². The number of nitrogens with two attached hydrogens (primary N) is 1. The van der Waals surface area contributed by atoms with Crippen molar-refractivity contribution in [3.63, 3.8) is 0 Å². The topological polar surface area (TPSA) is 67.6 Å². The molecule has 1 aliphatic rings. The minimum Gasteiger partial charge on any atom is -0.482 e. The lowest BCUT2D eigenvalue weighted by Crippen LogP contribution is -2.47. The maximum absolute atomic E-state index is 11.8. The maximum atomic E-state index is 11.8. The van der Waals surface area contributed by atoms with Gasteiger partial charge >= 0.3 is 0 Å². The minimum absolute atomic E-state index is 0.00836. The fourth-order valence-corrected chi connectivity index (χ4v) is 2.31. The normalized spacial score (nSPS) is 19.9. The first-order valence-corrected chi connectivity index (χ1v) is 6.60.